The molecule has 0 spiro atoms. The standard InChI is InChI=1S/C16H17ClF3N5O/c1-24-14(26)5-12(8-23-24)25-3-2-10(9-25)6-21-15-13(17)4-11(7-22-15)16(18,19)20/h4-5,7-8,10H,2-3,6,9H2,1H3,(H,21,22)/t10-/m0/s1. The zero-order valence-corrected chi connectivity index (χ0v) is 14.7. The van der Waals surface area contributed by atoms with Crippen molar-refractivity contribution < 1.29 is 13.2 Å². The third-order valence-corrected chi connectivity index (χ3v) is 4.62. The lowest BCUT2D eigenvalue weighted by Gasteiger charge is -2.18. The van der Waals surface area contributed by atoms with Crippen LogP contribution in [0.1, 0.15) is 12.0 Å². The van der Waals surface area contributed by atoms with Crippen LogP contribution in [0.2, 0.25) is 5.02 Å². The predicted molar refractivity (Wildman–Crippen MR) is 92.5 cm³/mol. The number of pyridine rings is 1. The molecule has 2 aromatic rings. The van der Waals surface area contributed by atoms with Crippen LogP contribution in [0.25, 0.3) is 0 Å². The van der Waals surface area contributed by atoms with Gasteiger partial charge in [-0.1, -0.05) is 11.6 Å². The highest BCUT2D eigenvalue weighted by Crippen LogP contribution is 2.32. The summed E-state index contributed by atoms with van der Waals surface area (Å²) >= 11 is 5.90. The fourth-order valence-electron chi connectivity index (χ4n) is 2.83. The van der Waals surface area contributed by atoms with E-state index in [9.17, 15) is 18.0 Å². The summed E-state index contributed by atoms with van der Waals surface area (Å²) in [7, 11) is 1.59. The van der Waals surface area contributed by atoms with Crippen LogP contribution in [0.15, 0.2) is 29.3 Å². The van der Waals surface area contributed by atoms with Gasteiger partial charge in [0, 0.05) is 38.9 Å². The maximum Gasteiger partial charge on any atom is 0.417 e. The first kappa shape index (κ1) is 18.5. The number of anilines is 2. The van der Waals surface area contributed by atoms with Gasteiger partial charge < -0.3 is 10.2 Å². The van der Waals surface area contributed by atoms with Gasteiger partial charge in [0.15, 0.2) is 0 Å². The Morgan fingerprint density at radius 2 is 2.12 bits per heavy atom. The Morgan fingerprint density at radius 1 is 1.35 bits per heavy atom. The number of hydrogen-bond acceptors (Lipinski definition) is 5. The Hall–Kier alpha value is -2.29. The smallest absolute Gasteiger partial charge is 0.370 e. The quantitative estimate of drug-likeness (QED) is 0.874. The molecule has 3 rings (SSSR count). The number of aryl methyl sites for hydroxylation is 1. The Balaban J connectivity index is 1.59. The van der Waals surface area contributed by atoms with Crippen LogP contribution in [0.5, 0.6) is 0 Å². The molecule has 1 fully saturated rings. The molecule has 0 saturated carbocycles. The normalized spacial score (nSPS) is 17.6. The first-order valence-corrected chi connectivity index (χ1v) is 8.37. The van der Waals surface area contributed by atoms with Crippen molar-refractivity contribution in [2.45, 2.75) is 12.6 Å². The van der Waals surface area contributed by atoms with Gasteiger partial charge >= 0.3 is 6.18 Å². The van der Waals surface area contributed by atoms with Gasteiger partial charge in [-0.05, 0) is 18.4 Å². The van der Waals surface area contributed by atoms with Crippen molar-refractivity contribution in [3.8, 4) is 0 Å². The van der Waals surface area contributed by atoms with E-state index in [1.54, 1.807) is 13.2 Å². The molecule has 0 aromatic carbocycles. The summed E-state index contributed by atoms with van der Waals surface area (Å²) in [5, 5.41) is 6.95. The summed E-state index contributed by atoms with van der Waals surface area (Å²) in [5.41, 5.74) is -0.288. The molecule has 0 bridgehead atoms. The molecule has 26 heavy (non-hydrogen) atoms. The molecular weight excluding hydrogens is 371 g/mol. The fourth-order valence-corrected chi connectivity index (χ4v) is 3.06. The van der Waals surface area contributed by atoms with Gasteiger partial charge in [0.1, 0.15) is 5.82 Å². The van der Waals surface area contributed by atoms with Crippen LogP contribution in [0, 0.1) is 5.92 Å². The number of nitrogens with zero attached hydrogens (tertiary/aromatic N) is 4. The average Bonchev–Trinajstić information content (AvgIpc) is 3.04. The Kier molecular flexibility index (Phi) is 5.08. The average molecular weight is 388 g/mol. The van der Waals surface area contributed by atoms with Gasteiger partial charge in [-0.2, -0.15) is 18.3 Å². The lowest BCUT2D eigenvalue weighted by molar-refractivity contribution is -0.137. The number of alkyl halides is 3. The second kappa shape index (κ2) is 7.14. The van der Waals surface area contributed by atoms with Crippen LogP contribution in [0.4, 0.5) is 24.7 Å². The monoisotopic (exact) mass is 387 g/mol. The molecule has 6 nitrogen and oxygen atoms in total. The highest BCUT2D eigenvalue weighted by Gasteiger charge is 2.31. The third kappa shape index (κ3) is 4.09. The number of nitrogens with one attached hydrogen (secondary N) is 1. The maximum absolute atomic E-state index is 12.6. The van der Waals surface area contributed by atoms with Gasteiger partial charge in [-0.3, -0.25) is 4.79 Å². The van der Waals surface area contributed by atoms with E-state index >= 15 is 0 Å². The first-order chi connectivity index (χ1) is 12.2. The minimum absolute atomic E-state index is 0.0644. The Labute approximate surface area is 152 Å². The zero-order valence-electron chi connectivity index (χ0n) is 13.9. The highest BCUT2D eigenvalue weighted by atomic mass is 35.5. The van der Waals surface area contributed by atoms with Gasteiger partial charge in [0.25, 0.3) is 5.56 Å². The maximum atomic E-state index is 12.6. The topological polar surface area (TPSA) is 63.1 Å². The van der Waals surface area contributed by atoms with Crippen molar-refractivity contribution in [2.24, 2.45) is 13.0 Å². The molecular formula is C16H17ClF3N5O. The molecule has 0 unspecified atom stereocenters. The first-order valence-electron chi connectivity index (χ1n) is 7.99. The Morgan fingerprint density at radius 3 is 2.77 bits per heavy atom. The summed E-state index contributed by atoms with van der Waals surface area (Å²) in [4.78, 5) is 17.5. The van der Waals surface area contributed by atoms with Crippen molar-refractivity contribution in [2.75, 3.05) is 29.9 Å². The lowest BCUT2D eigenvalue weighted by atomic mass is 10.1. The van der Waals surface area contributed by atoms with Gasteiger partial charge in [-0.15, -0.1) is 0 Å². The molecule has 1 atom stereocenters. The van der Waals surface area contributed by atoms with Gasteiger partial charge in [0.05, 0.1) is 22.5 Å². The molecule has 0 amide bonds. The molecule has 2 aromatic heterocycles. The fraction of sp³-hybridized carbons (Fsp3) is 0.438. The molecule has 1 aliphatic rings. The van der Waals surface area contributed by atoms with E-state index in [4.69, 9.17) is 11.6 Å². The van der Waals surface area contributed by atoms with Crippen molar-refractivity contribution in [1.82, 2.24) is 14.8 Å². The van der Waals surface area contributed by atoms with Crippen molar-refractivity contribution in [1.29, 1.82) is 0 Å². The highest BCUT2D eigenvalue weighted by molar-refractivity contribution is 6.32. The molecule has 10 heteroatoms. The minimum Gasteiger partial charge on any atom is -0.370 e. The summed E-state index contributed by atoms with van der Waals surface area (Å²) in [6.07, 6.45) is -1.19. The van der Waals surface area contributed by atoms with E-state index in [0.717, 1.165) is 30.9 Å². The number of hydrogen-bond donors (Lipinski definition) is 1. The second-order valence-corrected chi connectivity index (χ2v) is 6.62. The molecule has 1 N–H and O–H groups in total. The second-order valence-electron chi connectivity index (χ2n) is 6.21. The van der Waals surface area contributed by atoms with Crippen molar-refractivity contribution in [3.63, 3.8) is 0 Å². The lowest BCUT2D eigenvalue weighted by Crippen LogP contribution is -2.26. The van der Waals surface area contributed by atoms with Crippen LogP contribution >= 0.6 is 11.6 Å². The largest absolute Gasteiger partial charge is 0.417 e. The summed E-state index contributed by atoms with van der Waals surface area (Å²) in [6, 6.07) is 2.40. The zero-order chi connectivity index (χ0) is 18.9. The van der Waals surface area contributed by atoms with Crippen molar-refractivity contribution in [3.05, 3.63) is 45.5 Å². The van der Waals surface area contributed by atoms with E-state index in [2.05, 4.69) is 20.3 Å². The van der Waals surface area contributed by atoms with Crippen molar-refractivity contribution >= 4 is 23.1 Å². The molecule has 1 aliphatic heterocycles. The summed E-state index contributed by atoms with van der Waals surface area (Å²) < 4.78 is 39.2. The van der Waals surface area contributed by atoms with Crippen LogP contribution in [-0.2, 0) is 13.2 Å². The van der Waals surface area contributed by atoms with E-state index in [1.807, 2.05) is 0 Å². The molecule has 0 radical (unpaired) electrons. The molecule has 0 aliphatic carbocycles. The third-order valence-electron chi connectivity index (χ3n) is 4.33. The summed E-state index contributed by atoms with van der Waals surface area (Å²) in [6.45, 7) is 2.00. The summed E-state index contributed by atoms with van der Waals surface area (Å²) in [5.74, 6) is 0.479. The van der Waals surface area contributed by atoms with Crippen LogP contribution in [-0.4, -0.2) is 34.4 Å². The Bertz CT molecular complexity index is 855. The number of aromatic nitrogens is 3. The van der Waals surface area contributed by atoms with Gasteiger partial charge in [0.2, 0.25) is 0 Å². The SMILES string of the molecule is Cn1ncc(N2CC[C@@H](CNc3ncc(C(F)(F)F)cc3Cl)C2)cc1=O. The van der Waals surface area contributed by atoms with Crippen LogP contribution in [0.3, 0.4) is 0 Å². The molecule has 140 valence electrons. The molecule has 1 saturated heterocycles. The number of halogens is 4. The number of rotatable bonds is 4. The van der Waals surface area contributed by atoms with E-state index in [0.29, 0.717) is 13.1 Å². The predicted octanol–water partition coefficient (Wildman–Crippen LogP) is 2.79. The van der Waals surface area contributed by atoms with E-state index in [1.165, 1.54) is 10.7 Å². The molecule has 3 heterocycles. The van der Waals surface area contributed by atoms with E-state index in [-0.39, 0.29) is 22.3 Å². The van der Waals surface area contributed by atoms with Gasteiger partial charge in [-0.25, -0.2) is 9.67 Å². The van der Waals surface area contributed by atoms with Crippen LogP contribution < -0.4 is 15.8 Å². The van der Waals surface area contributed by atoms with E-state index < -0.39 is 11.7 Å². The minimum atomic E-state index is -4.47.